The van der Waals surface area contributed by atoms with Crippen LogP contribution in [0, 0.1) is 0 Å². The van der Waals surface area contributed by atoms with Crippen molar-refractivity contribution in [3.8, 4) is 0 Å². The number of nitrogens with one attached hydrogen (secondary N) is 2. The highest BCUT2D eigenvalue weighted by atomic mass is 35.5. The third-order valence-corrected chi connectivity index (χ3v) is 5.92. The van der Waals surface area contributed by atoms with E-state index in [4.69, 9.17) is 22.1 Å². The maximum absolute atomic E-state index is 12.6. The summed E-state index contributed by atoms with van der Waals surface area (Å²) in [6, 6.07) is 16.0. The third-order valence-electron chi connectivity index (χ3n) is 5.69. The molecular weight excluding hydrogens is 392 g/mol. The lowest BCUT2D eigenvalue weighted by Gasteiger charge is -2.45. The van der Waals surface area contributed by atoms with E-state index in [1.807, 2.05) is 48.5 Å². The van der Waals surface area contributed by atoms with Gasteiger partial charge in [-0.25, -0.2) is 14.5 Å². The topological polar surface area (TPSA) is 96.7 Å². The highest BCUT2D eigenvalue weighted by Gasteiger charge is 2.58. The van der Waals surface area contributed by atoms with E-state index in [0.717, 1.165) is 29.1 Å². The van der Waals surface area contributed by atoms with Gasteiger partial charge in [0, 0.05) is 36.6 Å². The van der Waals surface area contributed by atoms with Crippen molar-refractivity contribution in [1.29, 1.82) is 0 Å². The van der Waals surface area contributed by atoms with Gasteiger partial charge in [-0.15, -0.1) is 0 Å². The molecule has 3 atom stereocenters. The number of nitrogens with two attached hydrogens (primary N) is 1. The van der Waals surface area contributed by atoms with E-state index < -0.39 is 17.7 Å². The number of cyclic esters (lactones) is 1. The van der Waals surface area contributed by atoms with Crippen LogP contribution in [0.25, 0.3) is 0 Å². The zero-order valence-corrected chi connectivity index (χ0v) is 16.6. The minimum absolute atomic E-state index is 0.00808. The summed E-state index contributed by atoms with van der Waals surface area (Å²) in [6.45, 7) is 2.27. The quantitative estimate of drug-likeness (QED) is 0.713. The van der Waals surface area contributed by atoms with Crippen molar-refractivity contribution in [2.24, 2.45) is 5.73 Å². The van der Waals surface area contributed by atoms with Gasteiger partial charge in [-0.1, -0.05) is 54.1 Å². The number of hydrogen-bond acceptors (Lipinski definition) is 5. The Hall–Kier alpha value is -2.61. The molecular formula is C21H23ClN4O3. The summed E-state index contributed by atoms with van der Waals surface area (Å²) in [5.74, 6) is -0.338. The molecule has 152 valence electrons. The van der Waals surface area contributed by atoms with Crippen LogP contribution >= 0.6 is 11.6 Å². The Morgan fingerprint density at radius 3 is 2.66 bits per heavy atom. The van der Waals surface area contributed by atoms with E-state index in [-0.39, 0.29) is 18.6 Å². The smallest absolute Gasteiger partial charge is 0.419 e. The van der Waals surface area contributed by atoms with Gasteiger partial charge < -0.3 is 21.1 Å². The van der Waals surface area contributed by atoms with Gasteiger partial charge >= 0.3 is 12.1 Å². The van der Waals surface area contributed by atoms with Crippen molar-refractivity contribution in [2.45, 2.75) is 17.5 Å². The van der Waals surface area contributed by atoms with Gasteiger partial charge in [0.2, 0.25) is 0 Å². The minimum atomic E-state index is -1.11. The molecule has 2 aliphatic rings. The first kappa shape index (κ1) is 19.7. The van der Waals surface area contributed by atoms with E-state index >= 15 is 0 Å². The molecule has 3 unspecified atom stereocenters. The Labute approximate surface area is 174 Å². The zero-order chi connectivity index (χ0) is 20.4. The zero-order valence-electron chi connectivity index (χ0n) is 15.8. The predicted molar refractivity (Wildman–Crippen MR) is 110 cm³/mol. The number of amides is 3. The molecule has 0 bridgehead atoms. The van der Waals surface area contributed by atoms with Gasteiger partial charge in [-0.3, -0.25) is 0 Å². The normalized spacial score (nSPS) is 25.5. The maximum atomic E-state index is 12.6. The van der Waals surface area contributed by atoms with E-state index in [9.17, 15) is 9.59 Å². The van der Waals surface area contributed by atoms with Crippen LogP contribution in [0.15, 0.2) is 54.6 Å². The highest BCUT2D eigenvalue weighted by molar-refractivity contribution is 6.30. The average Bonchev–Trinajstić information content (AvgIpc) is 3.08. The molecule has 8 heteroatoms. The predicted octanol–water partition coefficient (Wildman–Crippen LogP) is 2.41. The lowest BCUT2D eigenvalue weighted by Crippen LogP contribution is -2.61. The number of nitrogens with zero attached hydrogens (tertiary/aromatic N) is 1. The summed E-state index contributed by atoms with van der Waals surface area (Å²) in [5, 5.41) is 7.50. The fourth-order valence-electron chi connectivity index (χ4n) is 4.55. The van der Waals surface area contributed by atoms with E-state index in [1.54, 1.807) is 6.07 Å². The fourth-order valence-corrected chi connectivity index (χ4v) is 4.75. The number of halogens is 1. The van der Waals surface area contributed by atoms with Gasteiger partial charge in [0.1, 0.15) is 12.1 Å². The first-order chi connectivity index (χ1) is 14.0. The number of ether oxygens (including phenoxy) is 1. The lowest BCUT2D eigenvalue weighted by atomic mass is 9.70. The van der Waals surface area contributed by atoms with Crippen LogP contribution in [0.3, 0.4) is 0 Å². The molecule has 0 aromatic heterocycles. The molecule has 2 saturated heterocycles. The van der Waals surface area contributed by atoms with Crippen molar-refractivity contribution >= 4 is 23.7 Å². The molecule has 2 heterocycles. The van der Waals surface area contributed by atoms with Crippen molar-refractivity contribution < 1.29 is 14.3 Å². The fraction of sp³-hybridized carbons (Fsp3) is 0.333. The van der Waals surface area contributed by atoms with Gasteiger partial charge in [0.15, 0.2) is 0 Å². The Kier molecular flexibility index (Phi) is 5.45. The van der Waals surface area contributed by atoms with Crippen molar-refractivity contribution in [3.63, 3.8) is 0 Å². The second-order valence-corrected chi connectivity index (χ2v) is 7.75. The lowest BCUT2D eigenvalue weighted by molar-refractivity contribution is 0.124. The van der Waals surface area contributed by atoms with Crippen molar-refractivity contribution in [1.82, 2.24) is 15.5 Å². The minimum Gasteiger partial charge on any atom is -0.446 e. The van der Waals surface area contributed by atoms with E-state index in [2.05, 4.69) is 10.6 Å². The molecule has 7 nitrogen and oxygen atoms in total. The number of piperazine rings is 1. The third kappa shape index (κ3) is 3.46. The molecule has 0 radical (unpaired) electrons. The summed E-state index contributed by atoms with van der Waals surface area (Å²) < 4.78 is 5.43. The number of rotatable bonds is 4. The molecule has 4 rings (SSSR count). The van der Waals surface area contributed by atoms with E-state index in [0.29, 0.717) is 11.6 Å². The van der Waals surface area contributed by atoms with Crippen LogP contribution < -0.4 is 16.4 Å². The first-order valence-electron chi connectivity index (χ1n) is 9.55. The molecule has 0 spiro atoms. The molecule has 2 aromatic carbocycles. The molecule has 2 aromatic rings. The number of benzene rings is 2. The number of urea groups is 1. The second-order valence-electron chi connectivity index (χ2n) is 7.32. The Balaban J connectivity index is 1.96. The number of carbonyl (C=O) groups excluding carboxylic acids is 2. The van der Waals surface area contributed by atoms with Crippen molar-refractivity contribution in [3.05, 3.63) is 70.7 Å². The Morgan fingerprint density at radius 2 is 2.00 bits per heavy atom. The summed E-state index contributed by atoms with van der Waals surface area (Å²) in [6.07, 6.45) is -0.739. The van der Waals surface area contributed by atoms with Crippen LogP contribution in [-0.4, -0.2) is 49.3 Å². The van der Waals surface area contributed by atoms with Gasteiger partial charge in [0.05, 0.1) is 0 Å². The molecule has 2 fully saturated rings. The summed E-state index contributed by atoms with van der Waals surface area (Å²) in [7, 11) is 0. The SMILES string of the molecule is NC(=O)N1C(=O)OCC1(c1ccccc1)C(c1cccc(Cl)c1)C1CNCCN1. The average molecular weight is 415 g/mol. The summed E-state index contributed by atoms with van der Waals surface area (Å²) in [5.41, 5.74) is 6.27. The van der Waals surface area contributed by atoms with Gasteiger partial charge in [-0.2, -0.15) is 0 Å². The second kappa shape index (κ2) is 8.02. The van der Waals surface area contributed by atoms with Crippen LogP contribution in [0.2, 0.25) is 5.02 Å². The van der Waals surface area contributed by atoms with E-state index in [1.165, 1.54) is 0 Å². The van der Waals surface area contributed by atoms with Crippen LogP contribution in [0.1, 0.15) is 17.0 Å². The Morgan fingerprint density at radius 1 is 1.21 bits per heavy atom. The molecule has 3 amide bonds. The molecule has 2 aliphatic heterocycles. The van der Waals surface area contributed by atoms with Gasteiger partial charge in [-0.05, 0) is 23.3 Å². The number of carbonyl (C=O) groups is 2. The number of imide groups is 1. The summed E-state index contributed by atoms with van der Waals surface area (Å²) in [4.78, 5) is 26.2. The van der Waals surface area contributed by atoms with Gasteiger partial charge in [0.25, 0.3) is 0 Å². The maximum Gasteiger partial charge on any atom is 0.419 e. The molecule has 29 heavy (non-hydrogen) atoms. The standard InChI is InChI=1S/C21H23ClN4O3/c22-16-8-4-5-14(11-16)18(17-12-24-9-10-25-17)21(15-6-2-1-3-7-15)13-29-20(28)26(21)19(23)27/h1-8,11,17-18,24-25H,9-10,12-13H2,(H2,23,27). The highest BCUT2D eigenvalue weighted by Crippen LogP contribution is 2.48. The van der Waals surface area contributed by atoms with Crippen LogP contribution in [-0.2, 0) is 10.3 Å². The Bertz CT molecular complexity index is 904. The first-order valence-corrected chi connectivity index (χ1v) is 9.93. The molecule has 4 N–H and O–H groups in total. The largest absolute Gasteiger partial charge is 0.446 e. The molecule has 0 saturated carbocycles. The monoisotopic (exact) mass is 414 g/mol. The summed E-state index contributed by atoms with van der Waals surface area (Å²) >= 11 is 6.31. The van der Waals surface area contributed by atoms with Crippen molar-refractivity contribution in [2.75, 3.05) is 26.2 Å². The number of primary amides is 1. The number of hydrogen-bond donors (Lipinski definition) is 3. The molecule has 0 aliphatic carbocycles. The van der Waals surface area contributed by atoms with Crippen LogP contribution in [0.4, 0.5) is 9.59 Å². The van der Waals surface area contributed by atoms with Crippen LogP contribution in [0.5, 0.6) is 0 Å².